The lowest BCUT2D eigenvalue weighted by Gasteiger charge is -2.28. The fourth-order valence-corrected chi connectivity index (χ4v) is 3.58. The third-order valence-corrected chi connectivity index (χ3v) is 5.15. The van der Waals surface area contributed by atoms with E-state index >= 15 is 0 Å². The van der Waals surface area contributed by atoms with Gasteiger partial charge in [-0.25, -0.2) is 4.39 Å². The minimum Gasteiger partial charge on any atom is -0.489 e. The molecule has 0 saturated carbocycles. The number of carboxylic acids is 1. The van der Waals surface area contributed by atoms with Crippen molar-refractivity contribution in [1.29, 1.82) is 0 Å². The first-order chi connectivity index (χ1) is 13.4. The number of carbonyl (C=O) groups is 1. The molecule has 1 saturated heterocycles. The predicted molar refractivity (Wildman–Crippen MR) is 100 cm³/mol. The maximum atomic E-state index is 13.6. The molecule has 0 aromatic heterocycles. The van der Waals surface area contributed by atoms with Crippen LogP contribution in [0.15, 0.2) is 48.5 Å². The zero-order valence-corrected chi connectivity index (χ0v) is 15.3. The average Bonchev–Trinajstić information content (AvgIpc) is 3.13. The van der Waals surface area contributed by atoms with Crippen LogP contribution in [-0.2, 0) is 11.4 Å². The zero-order chi connectivity index (χ0) is 20.1. The molecule has 1 fully saturated rings. The third-order valence-electron chi connectivity index (χ3n) is 5.15. The first-order valence-electron chi connectivity index (χ1n) is 9.20. The first kappa shape index (κ1) is 20.3. The Balaban J connectivity index is 1.63. The highest BCUT2D eigenvalue weighted by molar-refractivity contribution is 5.79. The van der Waals surface area contributed by atoms with Gasteiger partial charge in [0.25, 0.3) is 0 Å². The van der Waals surface area contributed by atoms with Gasteiger partial charge in [0.2, 0.25) is 0 Å². The molecule has 0 radical (unpaired) electrons. The van der Waals surface area contributed by atoms with Gasteiger partial charge >= 0.3 is 5.97 Å². The molecule has 1 aliphatic heterocycles. The van der Waals surface area contributed by atoms with E-state index in [9.17, 15) is 19.4 Å². The second-order valence-electron chi connectivity index (χ2n) is 7.11. The SMILES string of the molecule is O=C(O)[C@]1(CC(O)CO)CC[C@H](c2ccc(OCc3ccccc3F)cc2)N1. The van der Waals surface area contributed by atoms with E-state index in [1.165, 1.54) is 6.07 Å². The Morgan fingerprint density at radius 1 is 1.25 bits per heavy atom. The minimum atomic E-state index is -1.26. The van der Waals surface area contributed by atoms with E-state index in [1.54, 1.807) is 30.3 Å². The second kappa shape index (κ2) is 8.68. The predicted octanol–water partition coefficient (Wildman–Crippen LogP) is 2.40. The molecule has 0 amide bonds. The van der Waals surface area contributed by atoms with Gasteiger partial charge in [0.05, 0.1) is 12.7 Å². The van der Waals surface area contributed by atoms with E-state index in [1.807, 2.05) is 12.1 Å². The molecule has 1 unspecified atom stereocenters. The Morgan fingerprint density at radius 3 is 2.61 bits per heavy atom. The molecule has 1 aliphatic rings. The summed E-state index contributed by atoms with van der Waals surface area (Å²) in [5.41, 5.74) is 0.116. The summed E-state index contributed by atoms with van der Waals surface area (Å²) >= 11 is 0. The standard InChI is InChI=1S/C21H24FNO5/c22-18-4-2-1-3-15(18)13-28-17-7-5-14(6-8-17)19-9-10-21(23-19,20(26)27)11-16(25)12-24/h1-8,16,19,23-25H,9-13H2,(H,26,27)/t16?,19-,21-/m1/s1. The van der Waals surface area contributed by atoms with Gasteiger partial charge in [-0.1, -0.05) is 30.3 Å². The quantitative estimate of drug-likeness (QED) is 0.553. The number of halogens is 1. The van der Waals surface area contributed by atoms with Crippen molar-refractivity contribution < 1.29 is 29.2 Å². The fraction of sp³-hybridized carbons (Fsp3) is 0.381. The number of ether oxygens (including phenoxy) is 1. The largest absolute Gasteiger partial charge is 0.489 e. The molecule has 3 atom stereocenters. The van der Waals surface area contributed by atoms with Crippen LogP contribution in [0.5, 0.6) is 5.75 Å². The topological polar surface area (TPSA) is 99.0 Å². The maximum absolute atomic E-state index is 13.6. The molecular formula is C21H24FNO5. The Labute approximate surface area is 162 Å². The molecule has 28 heavy (non-hydrogen) atoms. The van der Waals surface area contributed by atoms with Crippen LogP contribution in [0.3, 0.4) is 0 Å². The van der Waals surface area contributed by atoms with Gasteiger partial charge in [-0.05, 0) is 36.6 Å². The summed E-state index contributed by atoms with van der Waals surface area (Å²) < 4.78 is 19.3. The lowest BCUT2D eigenvalue weighted by atomic mass is 9.90. The highest BCUT2D eigenvalue weighted by atomic mass is 19.1. The Morgan fingerprint density at radius 2 is 1.96 bits per heavy atom. The summed E-state index contributed by atoms with van der Waals surface area (Å²) in [5, 5.41) is 31.5. The maximum Gasteiger partial charge on any atom is 0.324 e. The van der Waals surface area contributed by atoms with Crippen molar-refractivity contribution in [2.45, 2.75) is 43.6 Å². The summed E-state index contributed by atoms with van der Waals surface area (Å²) in [5.74, 6) is -0.762. The molecule has 3 rings (SSSR count). The molecule has 2 aromatic rings. The van der Waals surface area contributed by atoms with E-state index in [4.69, 9.17) is 9.84 Å². The van der Waals surface area contributed by atoms with Crippen LogP contribution in [0, 0.1) is 5.82 Å². The van der Waals surface area contributed by atoms with Crippen molar-refractivity contribution in [3.8, 4) is 5.75 Å². The Bertz CT molecular complexity index is 813. The number of aliphatic hydroxyl groups is 2. The van der Waals surface area contributed by atoms with Gasteiger partial charge in [-0.15, -0.1) is 0 Å². The van der Waals surface area contributed by atoms with Crippen molar-refractivity contribution in [1.82, 2.24) is 5.32 Å². The van der Waals surface area contributed by atoms with Crippen molar-refractivity contribution in [3.63, 3.8) is 0 Å². The highest BCUT2D eigenvalue weighted by Crippen LogP contribution is 2.36. The smallest absolute Gasteiger partial charge is 0.324 e. The number of nitrogens with one attached hydrogen (secondary N) is 1. The van der Waals surface area contributed by atoms with Gasteiger partial charge in [0.15, 0.2) is 0 Å². The van der Waals surface area contributed by atoms with Gasteiger partial charge in [0.1, 0.15) is 23.7 Å². The number of hydrogen-bond acceptors (Lipinski definition) is 5. The van der Waals surface area contributed by atoms with Crippen molar-refractivity contribution in [2.24, 2.45) is 0 Å². The number of rotatable bonds is 8. The number of carboxylic acid groups (broad SMARTS) is 1. The first-order valence-corrected chi connectivity index (χ1v) is 9.20. The molecule has 0 spiro atoms. The number of aliphatic hydroxyl groups excluding tert-OH is 2. The van der Waals surface area contributed by atoms with Crippen LogP contribution < -0.4 is 10.1 Å². The normalized spacial score (nSPS) is 22.8. The molecule has 150 valence electrons. The van der Waals surface area contributed by atoms with E-state index in [-0.39, 0.29) is 24.9 Å². The van der Waals surface area contributed by atoms with E-state index in [2.05, 4.69) is 5.32 Å². The Hall–Kier alpha value is -2.48. The third kappa shape index (κ3) is 4.49. The summed E-state index contributed by atoms with van der Waals surface area (Å²) in [6, 6.07) is 13.5. The van der Waals surface area contributed by atoms with Crippen LogP contribution in [-0.4, -0.2) is 39.5 Å². The molecule has 1 heterocycles. The van der Waals surface area contributed by atoms with Crippen LogP contribution >= 0.6 is 0 Å². The summed E-state index contributed by atoms with van der Waals surface area (Å²) in [4.78, 5) is 11.7. The molecule has 0 bridgehead atoms. The van der Waals surface area contributed by atoms with E-state index in [0.29, 0.717) is 24.2 Å². The molecule has 0 aliphatic carbocycles. The summed E-state index contributed by atoms with van der Waals surface area (Å²) in [6.07, 6.45) is -0.189. The molecule has 2 aromatic carbocycles. The van der Waals surface area contributed by atoms with Crippen LogP contribution in [0.25, 0.3) is 0 Å². The van der Waals surface area contributed by atoms with Gasteiger partial charge in [-0.3, -0.25) is 10.1 Å². The average molecular weight is 389 g/mol. The van der Waals surface area contributed by atoms with Gasteiger partial charge in [-0.2, -0.15) is 0 Å². The fourth-order valence-electron chi connectivity index (χ4n) is 3.58. The zero-order valence-electron chi connectivity index (χ0n) is 15.3. The minimum absolute atomic E-state index is 0.0564. The van der Waals surface area contributed by atoms with Gasteiger partial charge < -0.3 is 20.1 Å². The summed E-state index contributed by atoms with van der Waals surface area (Å²) in [7, 11) is 0. The monoisotopic (exact) mass is 389 g/mol. The van der Waals surface area contributed by atoms with Crippen LogP contribution in [0.2, 0.25) is 0 Å². The molecular weight excluding hydrogens is 365 g/mol. The molecule has 7 heteroatoms. The number of benzene rings is 2. The van der Waals surface area contributed by atoms with Crippen LogP contribution in [0.4, 0.5) is 4.39 Å². The number of aliphatic carboxylic acids is 1. The van der Waals surface area contributed by atoms with E-state index < -0.39 is 24.2 Å². The van der Waals surface area contributed by atoms with Crippen molar-refractivity contribution >= 4 is 5.97 Å². The van der Waals surface area contributed by atoms with Crippen molar-refractivity contribution in [2.75, 3.05) is 6.61 Å². The molecule has 6 nitrogen and oxygen atoms in total. The molecule has 4 N–H and O–H groups in total. The highest BCUT2D eigenvalue weighted by Gasteiger charge is 2.46. The van der Waals surface area contributed by atoms with Crippen molar-refractivity contribution in [3.05, 3.63) is 65.5 Å². The second-order valence-corrected chi connectivity index (χ2v) is 7.11. The number of hydrogen-bond donors (Lipinski definition) is 4. The Kier molecular flexibility index (Phi) is 6.28. The summed E-state index contributed by atoms with van der Waals surface area (Å²) in [6.45, 7) is -0.357. The van der Waals surface area contributed by atoms with E-state index in [0.717, 1.165) is 5.56 Å². The van der Waals surface area contributed by atoms with Gasteiger partial charge in [0, 0.05) is 18.0 Å². The lowest BCUT2D eigenvalue weighted by molar-refractivity contribution is -0.146. The van der Waals surface area contributed by atoms with Crippen LogP contribution in [0.1, 0.15) is 36.4 Å². The lowest BCUT2D eigenvalue weighted by Crippen LogP contribution is -2.50.